The van der Waals surface area contributed by atoms with E-state index >= 15 is 0 Å². The highest BCUT2D eigenvalue weighted by molar-refractivity contribution is 8.93. The monoisotopic (exact) mass is 406 g/mol. The van der Waals surface area contributed by atoms with Gasteiger partial charge < -0.3 is 5.48 Å². The summed E-state index contributed by atoms with van der Waals surface area (Å²) in [5, 5.41) is 4.81. The second kappa shape index (κ2) is 9.24. The van der Waals surface area contributed by atoms with Gasteiger partial charge in [-0.25, -0.2) is 37.5 Å². The van der Waals surface area contributed by atoms with Gasteiger partial charge in [0.25, 0.3) is 0 Å². The molecule has 10 N–H and O–H groups in total. The Labute approximate surface area is 131 Å². The molecule has 0 aromatic carbocycles. The molecule has 2 aliphatic rings. The highest BCUT2D eigenvalue weighted by atomic mass is 79.9. The Morgan fingerprint density at radius 1 is 0.947 bits per heavy atom. The molecule has 114 valence electrons. The van der Waals surface area contributed by atoms with Gasteiger partial charge in [0.15, 0.2) is 0 Å². The fourth-order valence-electron chi connectivity index (χ4n) is 1.65. The van der Waals surface area contributed by atoms with Crippen LogP contribution in [0.5, 0.6) is 0 Å². The molecule has 0 radical (unpaired) electrons. The molecule has 0 atom stereocenters. The van der Waals surface area contributed by atoms with Crippen molar-refractivity contribution in [2.24, 2.45) is 27.5 Å². The standard InChI is InChI=1S/C6H16N10.2BrH.H2O/c7-12-5-10-1-3-14(5)16(9)15-4-2-11-6(15)13-8;;;/h1-4,7-9H2,(H,10,12)(H,11,13);2*1H;1H2. The van der Waals surface area contributed by atoms with Crippen LogP contribution in [-0.2, 0) is 0 Å². The SMILES string of the molecule is Br.Br.NNC1=NCCN1N(N)N1CCN=C1NN.O. The molecule has 2 heterocycles. The van der Waals surface area contributed by atoms with Crippen molar-refractivity contribution in [1.29, 1.82) is 0 Å². The van der Waals surface area contributed by atoms with Crippen LogP contribution < -0.4 is 28.4 Å². The zero-order valence-corrected chi connectivity index (χ0v) is 13.5. The van der Waals surface area contributed by atoms with Crippen LogP contribution in [0.1, 0.15) is 0 Å². The van der Waals surface area contributed by atoms with E-state index in [2.05, 4.69) is 20.8 Å². The average molecular weight is 408 g/mol. The maximum absolute atomic E-state index is 5.95. The first-order valence-electron chi connectivity index (χ1n) is 4.89. The van der Waals surface area contributed by atoms with Crippen LogP contribution >= 0.6 is 34.0 Å². The summed E-state index contributed by atoms with van der Waals surface area (Å²) >= 11 is 0. The van der Waals surface area contributed by atoms with Crippen molar-refractivity contribution in [2.75, 3.05) is 26.2 Å². The molecule has 2 aliphatic heterocycles. The van der Waals surface area contributed by atoms with E-state index in [0.29, 0.717) is 38.1 Å². The van der Waals surface area contributed by atoms with Crippen LogP contribution in [0, 0.1) is 0 Å². The third-order valence-corrected chi connectivity index (χ3v) is 2.39. The lowest BCUT2D eigenvalue weighted by atomic mass is 10.6. The van der Waals surface area contributed by atoms with E-state index in [-0.39, 0.29) is 39.4 Å². The van der Waals surface area contributed by atoms with E-state index in [1.807, 2.05) is 0 Å². The Bertz CT molecular complexity index is 295. The van der Waals surface area contributed by atoms with Gasteiger partial charge in [0.05, 0.1) is 26.2 Å². The minimum absolute atomic E-state index is 0. The van der Waals surface area contributed by atoms with E-state index in [9.17, 15) is 0 Å². The summed E-state index contributed by atoms with van der Waals surface area (Å²) in [5.41, 5.74) is 4.97. The number of nitrogens with one attached hydrogen (secondary N) is 2. The smallest absolute Gasteiger partial charge is 0.225 e. The second-order valence-electron chi connectivity index (χ2n) is 3.27. The number of hydrogen-bond donors (Lipinski definition) is 5. The van der Waals surface area contributed by atoms with E-state index < -0.39 is 0 Å². The van der Waals surface area contributed by atoms with E-state index in [1.54, 1.807) is 10.0 Å². The number of hydrogen-bond acceptors (Lipinski definition) is 10. The lowest BCUT2D eigenvalue weighted by molar-refractivity contribution is -0.0985. The summed E-state index contributed by atoms with van der Waals surface area (Å²) in [6.45, 7) is 2.60. The molecule has 2 rings (SSSR count). The minimum Gasteiger partial charge on any atom is -0.412 e. The van der Waals surface area contributed by atoms with E-state index in [0.717, 1.165) is 0 Å². The molecule has 13 heteroatoms. The highest BCUT2D eigenvalue weighted by Crippen LogP contribution is 2.07. The molecule has 0 saturated heterocycles. The van der Waals surface area contributed by atoms with Crippen LogP contribution in [-0.4, -0.2) is 58.8 Å². The Hall–Kier alpha value is -0.700. The number of aliphatic imine (C=N–C) groups is 2. The van der Waals surface area contributed by atoms with Crippen LogP contribution in [0.25, 0.3) is 0 Å². The molecule has 0 fully saturated rings. The van der Waals surface area contributed by atoms with Crippen molar-refractivity contribution >= 4 is 45.9 Å². The van der Waals surface area contributed by atoms with Gasteiger partial charge >= 0.3 is 0 Å². The lowest BCUT2D eigenvalue weighted by Crippen LogP contribution is -2.64. The number of hydrazine groups is 5. The van der Waals surface area contributed by atoms with Gasteiger partial charge in [-0.05, 0) is 0 Å². The van der Waals surface area contributed by atoms with Gasteiger partial charge in [-0.1, -0.05) is 5.23 Å². The molecule has 0 aromatic heterocycles. The fraction of sp³-hybridized carbons (Fsp3) is 0.667. The zero-order chi connectivity index (χ0) is 11.5. The maximum Gasteiger partial charge on any atom is 0.225 e. The third kappa shape index (κ3) is 4.13. The maximum atomic E-state index is 5.95. The lowest BCUT2D eigenvalue weighted by Gasteiger charge is -2.36. The van der Waals surface area contributed by atoms with Crippen LogP contribution in [0.2, 0.25) is 0 Å². The van der Waals surface area contributed by atoms with E-state index in [4.69, 9.17) is 17.5 Å². The predicted molar refractivity (Wildman–Crippen MR) is 82.9 cm³/mol. The molecular weight excluding hydrogens is 388 g/mol. The summed E-state index contributed by atoms with van der Waals surface area (Å²) in [6, 6.07) is 0. The number of halogens is 2. The van der Waals surface area contributed by atoms with Crippen molar-refractivity contribution in [3.8, 4) is 0 Å². The van der Waals surface area contributed by atoms with Gasteiger partial charge in [-0.2, -0.15) is 0 Å². The Kier molecular flexibility index (Phi) is 10.0. The highest BCUT2D eigenvalue weighted by Gasteiger charge is 2.29. The summed E-state index contributed by atoms with van der Waals surface area (Å²) in [6.07, 6.45) is 0. The normalized spacial score (nSPS) is 17.1. The summed E-state index contributed by atoms with van der Waals surface area (Å²) < 4.78 is 0. The first kappa shape index (κ1) is 20.6. The summed E-state index contributed by atoms with van der Waals surface area (Å²) in [4.78, 5) is 8.29. The van der Waals surface area contributed by atoms with Crippen LogP contribution in [0.15, 0.2) is 9.98 Å². The second-order valence-corrected chi connectivity index (χ2v) is 3.27. The Morgan fingerprint density at radius 2 is 1.32 bits per heavy atom. The number of nitrogens with zero attached hydrogens (tertiary/aromatic N) is 5. The molecule has 0 amide bonds. The Morgan fingerprint density at radius 3 is 1.63 bits per heavy atom. The third-order valence-electron chi connectivity index (χ3n) is 2.39. The molecule has 0 bridgehead atoms. The molecule has 11 nitrogen and oxygen atoms in total. The first-order valence-corrected chi connectivity index (χ1v) is 4.89. The molecule has 0 unspecified atom stereocenters. The summed E-state index contributed by atoms with van der Waals surface area (Å²) in [7, 11) is 0. The largest absolute Gasteiger partial charge is 0.412 e. The predicted octanol–water partition coefficient (Wildman–Crippen LogP) is -3.41. The molecular formula is C6H20Br2N10O. The first-order chi connectivity index (χ1) is 7.77. The fourth-order valence-corrected chi connectivity index (χ4v) is 1.65. The van der Waals surface area contributed by atoms with Crippen molar-refractivity contribution in [1.82, 2.24) is 26.1 Å². The zero-order valence-electron chi connectivity index (χ0n) is 10.1. The number of rotatable bonds is 2. The molecule has 0 aromatic rings. The molecule has 0 saturated carbocycles. The quantitative estimate of drug-likeness (QED) is 0.233. The van der Waals surface area contributed by atoms with Crippen molar-refractivity contribution in [2.45, 2.75) is 0 Å². The summed E-state index contributed by atoms with van der Waals surface area (Å²) in [5.74, 6) is 17.7. The van der Waals surface area contributed by atoms with Gasteiger partial charge in [-0.3, -0.25) is 10.9 Å². The van der Waals surface area contributed by atoms with Crippen molar-refractivity contribution in [3.05, 3.63) is 0 Å². The Balaban J connectivity index is 0. The van der Waals surface area contributed by atoms with Gasteiger partial charge in [0, 0.05) is 0 Å². The topological polar surface area (TPSA) is 168 Å². The number of nitrogens with two attached hydrogens (primary N) is 3. The van der Waals surface area contributed by atoms with Crippen LogP contribution in [0.3, 0.4) is 0 Å². The van der Waals surface area contributed by atoms with Gasteiger partial charge in [0.2, 0.25) is 11.9 Å². The van der Waals surface area contributed by atoms with E-state index in [1.165, 1.54) is 5.23 Å². The molecule has 0 spiro atoms. The van der Waals surface area contributed by atoms with Crippen molar-refractivity contribution in [3.63, 3.8) is 0 Å². The number of guanidine groups is 2. The molecule has 19 heavy (non-hydrogen) atoms. The van der Waals surface area contributed by atoms with Gasteiger partial charge in [0.1, 0.15) is 0 Å². The van der Waals surface area contributed by atoms with Gasteiger partial charge in [-0.15, -0.1) is 34.0 Å². The van der Waals surface area contributed by atoms with Crippen LogP contribution in [0.4, 0.5) is 0 Å². The minimum atomic E-state index is 0. The average Bonchev–Trinajstić information content (AvgIpc) is 2.96. The molecule has 0 aliphatic carbocycles. The van der Waals surface area contributed by atoms with Crippen molar-refractivity contribution < 1.29 is 5.48 Å².